The minimum atomic E-state index is -0.148. The Labute approximate surface area is 76.6 Å². The first-order valence-electron chi connectivity index (χ1n) is 4.22. The van der Waals surface area contributed by atoms with Crippen molar-refractivity contribution in [2.75, 3.05) is 6.54 Å². The molecular weight excluding hydrogens is 165 g/mol. The van der Waals surface area contributed by atoms with Crippen molar-refractivity contribution in [2.24, 2.45) is 0 Å². The fourth-order valence-electron chi connectivity index (χ4n) is 1.36. The van der Waals surface area contributed by atoms with Crippen molar-refractivity contribution in [3.8, 4) is 0 Å². The number of hydrogen-bond acceptors (Lipinski definition) is 1. The number of rotatable bonds is 1. The first-order chi connectivity index (χ1) is 6.38. The predicted octanol–water partition coefficient (Wildman–Crippen LogP) is 2.48. The van der Waals surface area contributed by atoms with Gasteiger partial charge in [0.25, 0.3) is 0 Å². The molecule has 0 bridgehead atoms. The number of allylic oxidation sites excluding steroid dienone is 2. The predicted molar refractivity (Wildman–Crippen MR) is 51.6 cm³/mol. The maximum absolute atomic E-state index is 13.3. The minimum absolute atomic E-state index is 0.148. The molecule has 0 spiro atoms. The zero-order valence-electron chi connectivity index (χ0n) is 7.13. The Balaban J connectivity index is 2.41. The number of benzene rings is 1. The maximum Gasteiger partial charge on any atom is 0.130 e. The van der Waals surface area contributed by atoms with Gasteiger partial charge in [0, 0.05) is 12.1 Å². The van der Waals surface area contributed by atoms with Crippen molar-refractivity contribution in [3.63, 3.8) is 0 Å². The van der Waals surface area contributed by atoms with Crippen LogP contribution in [-0.2, 0) is 0 Å². The van der Waals surface area contributed by atoms with Crippen molar-refractivity contribution in [2.45, 2.75) is 0 Å². The fraction of sp³-hybridized carbons (Fsp3) is 0.0909. The standard InChI is InChI=1S/C11H10FN/c12-11-6-7-13-8-10(11)9-4-2-1-3-5-9/h1-7,13H,8H2. The molecule has 1 aliphatic heterocycles. The van der Waals surface area contributed by atoms with E-state index in [-0.39, 0.29) is 5.83 Å². The molecule has 0 amide bonds. The molecule has 1 aromatic rings. The van der Waals surface area contributed by atoms with Gasteiger partial charge in [0.15, 0.2) is 0 Å². The molecule has 0 aliphatic carbocycles. The van der Waals surface area contributed by atoms with Crippen LogP contribution in [0.3, 0.4) is 0 Å². The van der Waals surface area contributed by atoms with Crippen LogP contribution in [0.2, 0.25) is 0 Å². The van der Waals surface area contributed by atoms with Crippen LogP contribution < -0.4 is 5.32 Å². The highest BCUT2D eigenvalue weighted by Gasteiger charge is 2.08. The molecule has 66 valence electrons. The zero-order valence-corrected chi connectivity index (χ0v) is 7.13. The molecule has 0 saturated carbocycles. The van der Waals surface area contributed by atoms with Gasteiger partial charge in [0.1, 0.15) is 5.83 Å². The second-order valence-electron chi connectivity index (χ2n) is 2.91. The van der Waals surface area contributed by atoms with E-state index in [4.69, 9.17) is 0 Å². The third-order valence-corrected chi connectivity index (χ3v) is 2.04. The lowest BCUT2D eigenvalue weighted by atomic mass is 10.0. The molecule has 1 aliphatic rings. The Morgan fingerprint density at radius 3 is 2.62 bits per heavy atom. The van der Waals surface area contributed by atoms with Gasteiger partial charge >= 0.3 is 0 Å². The third-order valence-electron chi connectivity index (χ3n) is 2.04. The van der Waals surface area contributed by atoms with Crippen LogP contribution >= 0.6 is 0 Å². The summed E-state index contributed by atoms with van der Waals surface area (Å²) in [5.74, 6) is -0.148. The van der Waals surface area contributed by atoms with E-state index in [9.17, 15) is 4.39 Å². The Kier molecular flexibility index (Phi) is 2.13. The van der Waals surface area contributed by atoms with E-state index in [0.717, 1.165) is 11.1 Å². The molecule has 0 aromatic heterocycles. The first kappa shape index (κ1) is 8.05. The van der Waals surface area contributed by atoms with Gasteiger partial charge in [0.05, 0.1) is 0 Å². The summed E-state index contributed by atoms with van der Waals surface area (Å²) in [5, 5.41) is 2.99. The lowest BCUT2D eigenvalue weighted by molar-refractivity contribution is 0.658. The lowest BCUT2D eigenvalue weighted by Gasteiger charge is -2.12. The monoisotopic (exact) mass is 175 g/mol. The number of dihydropyridines is 1. The van der Waals surface area contributed by atoms with E-state index >= 15 is 0 Å². The number of halogens is 1. The van der Waals surface area contributed by atoms with Gasteiger partial charge in [-0.15, -0.1) is 0 Å². The van der Waals surface area contributed by atoms with E-state index in [1.165, 1.54) is 6.08 Å². The minimum Gasteiger partial charge on any atom is -0.387 e. The normalized spacial score (nSPS) is 15.8. The molecule has 1 heterocycles. The molecule has 0 unspecified atom stereocenters. The van der Waals surface area contributed by atoms with E-state index in [0.29, 0.717) is 6.54 Å². The van der Waals surface area contributed by atoms with Crippen molar-refractivity contribution in [1.82, 2.24) is 5.32 Å². The van der Waals surface area contributed by atoms with Crippen LogP contribution in [0.15, 0.2) is 48.4 Å². The summed E-state index contributed by atoms with van der Waals surface area (Å²) >= 11 is 0. The largest absolute Gasteiger partial charge is 0.387 e. The van der Waals surface area contributed by atoms with Gasteiger partial charge in [-0.2, -0.15) is 0 Å². The van der Waals surface area contributed by atoms with Crippen LogP contribution in [-0.4, -0.2) is 6.54 Å². The van der Waals surface area contributed by atoms with E-state index in [1.54, 1.807) is 6.20 Å². The maximum atomic E-state index is 13.3. The van der Waals surface area contributed by atoms with Gasteiger partial charge in [-0.1, -0.05) is 30.3 Å². The van der Waals surface area contributed by atoms with Gasteiger partial charge in [0.2, 0.25) is 0 Å². The van der Waals surface area contributed by atoms with Crippen molar-refractivity contribution in [3.05, 3.63) is 54.0 Å². The molecular formula is C11H10FN. The van der Waals surface area contributed by atoms with Crippen molar-refractivity contribution in [1.29, 1.82) is 0 Å². The van der Waals surface area contributed by atoms with Crippen molar-refractivity contribution >= 4 is 5.57 Å². The van der Waals surface area contributed by atoms with Gasteiger partial charge < -0.3 is 5.32 Å². The summed E-state index contributed by atoms with van der Waals surface area (Å²) in [6.45, 7) is 0.562. The van der Waals surface area contributed by atoms with E-state index in [2.05, 4.69) is 5.32 Å². The molecule has 1 N–H and O–H groups in total. The van der Waals surface area contributed by atoms with Gasteiger partial charge in [-0.25, -0.2) is 4.39 Å². The quantitative estimate of drug-likeness (QED) is 0.691. The number of hydrogen-bond donors (Lipinski definition) is 1. The number of nitrogens with one attached hydrogen (secondary N) is 1. The van der Waals surface area contributed by atoms with Gasteiger partial charge in [-0.05, 0) is 17.8 Å². The highest BCUT2D eigenvalue weighted by molar-refractivity contribution is 5.71. The third kappa shape index (κ3) is 1.61. The van der Waals surface area contributed by atoms with Crippen LogP contribution in [0.25, 0.3) is 5.57 Å². The summed E-state index contributed by atoms with van der Waals surface area (Å²) in [6.07, 6.45) is 3.08. The summed E-state index contributed by atoms with van der Waals surface area (Å²) in [6, 6.07) is 9.57. The van der Waals surface area contributed by atoms with E-state index < -0.39 is 0 Å². The molecule has 0 atom stereocenters. The molecule has 1 aromatic carbocycles. The van der Waals surface area contributed by atoms with Crippen LogP contribution in [0, 0.1) is 0 Å². The summed E-state index contributed by atoms with van der Waals surface area (Å²) in [7, 11) is 0. The fourth-order valence-corrected chi connectivity index (χ4v) is 1.36. The topological polar surface area (TPSA) is 12.0 Å². The van der Waals surface area contributed by atoms with E-state index in [1.807, 2.05) is 30.3 Å². The highest BCUT2D eigenvalue weighted by Crippen LogP contribution is 2.21. The molecule has 0 saturated heterocycles. The molecule has 2 rings (SSSR count). The smallest absolute Gasteiger partial charge is 0.130 e. The average Bonchev–Trinajstić information content (AvgIpc) is 2.20. The Morgan fingerprint density at radius 1 is 1.15 bits per heavy atom. The summed E-state index contributed by atoms with van der Waals surface area (Å²) < 4.78 is 13.3. The Morgan fingerprint density at radius 2 is 1.92 bits per heavy atom. The van der Waals surface area contributed by atoms with Gasteiger partial charge in [-0.3, -0.25) is 0 Å². The zero-order chi connectivity index (χ0) is 9.10. The van der Waals surface area contributed by atoms with Crippen LogP contribution in [0.1, 0.15) is 5.56 Å². The van der Waals surface area contributed by atoms with Crippen LogP contribution in [0.5, 0.6) is 0 Å². The lowest BCUT2D eigenvalue weighted by Crippen LogP contribution is -2.13. The highest BCUT2D eigenvalue weighted by atomic mass is 19.1. The summed E-state index contributed by atoms with van der Waals surface area (Å²) in [4.78, 5) is 0. The molecule has 13 heavy (non-hydrogen) atoms. The average molecular weight is 175 g/mol. The second-order valence-corrected chi connectivity index (χ2v) is 2.91. The second kappa shape index (κ2) is 3.44. The molecule has 2 heteroatoms. The summed E-state index contributed by atoms with van der Waals surface area (Å²) in [5.41, 5.74) is 1.67. The van der Waals surface area contributed by atoms with Crippen molar-refractivity contribution < 1.29 is 4.39 Å². The molecule has 0 fully saturated rings. The Bertz CT molecular complexity index is 352. The molecule has 1 nitrogen and oxygen atoms in total. The molecule has 0 radical (unpaired) electrons. The first-order valence-corrected chi connectivity index (χ1v) is 4.22. The van der Waals surface area contributed by atoms with Crippen LogP contribution in [0.4, 0.5) is 4.39 Å². The SMILES string of the molecule is FC1=C(c2ccccc2)CNC=C1. The Hall–Kier alpha value is -1.57.